The first-order valence-electron chi connectivity index (χ1n) is 9.11. The third kappa shape index (κ3) is 3.62. The molecule has 146 valence electrons. The summed E-state index contributed by atoms with van der Waals surface area (Å²) in [5, 5.41) is 11.6. The fraction of sp³-hybridized carbons (Fsp3) is 0.125. The fourth-order valence-electron chi connectivity index (χ4n) is 3.49. The van der Waals surface area contributed by atoms with E-state index in [9.17, 15) is 9.90 Å². The van der Waals surface area contributed by atoms with Crippen LogP contribution in [0.2, 0.25) is 0 Å². The number of thioether (sulfide) groups is 2. The van der Waals surface area contributed by atoms with Gasteiger partial charge in [-0.1, -0.05) is 54.6 Å². The topological polar surface area (TPSA) is 46.5 Å². The molecule has 0 aliphatic carbocycles. The first-order chi connectivity index (χ1) is 14.1. The molecule has 0 amide bonds. The minimum absolute atomic E-state index is 0.390. The minimum Gasteiger partial charge on any atom is -0.421 e. The largest absolute Gasteiger partial charge is 0.421 e. The molecule has 1 aliphatic rings. The van der Waals surface area contributed by atoms with Crippen LogP contribution in [0.25, 0.3) is 11.1 Å². The smallest absolute Gasteiger partial charge is 0.342 e. The summed E-state index contributed by atoms with van der Waals surface area (Å²) in [4.78, 5) is 15.2. The Hall–Kier alpha value is -2.47. The van der Waals surface area contributed by atoms with Gasteiger partial charge in [-0.3, -0.25) is 0 Å². The maximum Gasteiger partial charge on any atom is 0.342 e. The van der Waals surface area contributed by atoms with Crippen LogP contribution in [0, 0.1) is 0 Å². The molecule has 1 unspecified atom stereocenters. The zero-order valence-corrected chi connectivity index (χ0v) is 17.7. The van der Waals surface area contributed by atoms with Gasteiger partial charge in [-0.2, -0.15) is 0 Å². The zero-order valence-electron chi connectivity index (χ0n) is 16.1. The van der Waals surface area contributed by atoms with E-state index in [-0.39, 0.29) is 0 Å². The quantitative estimate of drug-likeness (QED) is 0.440. The van der Waals surface area contributed by atoms with Crippen molar-refractivity contribution in [3.8, 4) is 0 Å². The number of carbonyl (C=O) groups is 1. The molecule has 0 radical (unpaired) electrons. The standard InChI is InChI=1S/C24H20O3S2/c1-28-19-12-8-16(9-13-19)21-22(17-10-14-20(29-2)15-11-17)24(26,27-23(21)25)18-6-4-3-5-7-18/h3-15,26H,1-2H3. The van der Waals surface area contributed by atoms with E-state index in [1.54, 1.807) is 35.7 Å². The normalized spacial score (nSPS) is 18.8. The van der Waals surface area contributed by atoms with Crippen molar-refractivity contribution in [2.75, 3.05) is 12.5 Å². The summed E-state index contributed by atoms with van der Waals surface area (Å²) in [6.45, 7) is 0. The summed E-state index contributed by atoms with van der Waals surface area (Å²) >= 11 is 3.27. The van der Waals surface area contributed by atoms with E-state index in [0.29, 0.717) is 16.7 Å². The van der Waals surface area contributed by atoms with Crippen LogP contribution in [0.5, 0.6) is 0 Å². The molecule has 5 heteroatoms. The summed E-state index contributed by atoms with van der Waals surface area (Å²) in [6.07, 6.45) is 4.01. The fourth-order valence-corrected chi connectivity index (χ4v) is 4.31. The molecule has 0 aromatic heterocycles. The molecule has 4 rings (SSSR count). The summed E-state index contributed by atoms with van der Waals surface area (Å²) in [6, 6.07) is 24.6. The average Bonchev–Trinajstić information content (AvgIpc) is 3.05. The van der Waals surface area contributed by atoms with Gasteiger partial charge in [-0.25, -0.2) is 4.79 Å². The molecule has 0 spiro atoms. The molecule has 0 bridgehead atoms. The molecular formula is C24H20O3S2. The summed E-state index contributed by atoms with van der Waals surface area (Å²) in [5.74, 6) is -2.37. The van der Waals surface area contributed by atoms with E-state index in [0.717, 1.165) is 20.9 Å². The lowest BCUT2D eigenvalue weighted by Gasteiger charge is -2.25. The molecule has 1 heterocycles. The highest BCUT2D eigenvalue weighted by Gasteiger charge is 2.48. The monoisotopic (exact) mass is 420 g/mol. The van der Waals surface area contributed by atoms with E-state index in [4.69, 9.17) is 4.74 Å². The molecule has 0 saturated heterocycles. The number of hydrogen-bond donors (Lipinski definition) is 1. The van der Waals surface area contributed by atoms with Crippen LogP contribution >= 0.6 is 23.5 Å². The maximum absolute atomic E-state index is 13.0. The van der Waals surface area contributed by atoms with Crippen molar-refractivity contribution in [2.45, 2.75) is 15.6 Å². The van der Waals surface area contributed by atoms with Crippen LogP contribution < -0.4 is 0 Å². The Kier molecular flexibility index (Phi) is 5.54. The second-order valence-electron chi connectivity index (χ2n) is 6.61. The van der Waals surface area contributed by atoms with Gasteiger partial charge < -0.3 is 9.84 Å². The first kappa shape index (κ1) is 19.8. The van der Waals surface area contributed by atoms with Crippen LogP contribution in [0.4, 0.5) is 0 Å². The van der Waals surface area contributed by atoms with Crippen LogP contribution in [-0.2, 0) is 15.3 Å². The van der Waals surface area contributed by atoms with Crippen LogP contribution in [0.1, 0.15) is 16.7 Å². The lowest BCUT2D eigenvalue weighted by Crippen LogP contribution is -2.28. The van der Waals surface area contributed by atoms with Gasteiger partial charge in [0.05, 0.1) is 11.1 Å². The highest BCUT2D eigenvalue weighted by atomic mass is 32.2. The second-order valence-corrected chi connectivity index (χ2v) is 8.37. The third-order valence-corrected chi connectivity index (χ3v) is 6.44. The number of ether oxygens (including phenoxy) is 1. The van der Waals surface area contributed by atoms with Crippen molar-refractivity contribution in [3.63, 3.8) is 0 Å². The summed E-state index contributed by atoms with van der Waals surface area (Å²) in [5.41, 5.74) is 2.86. The van der Waals surface area contributed by atoms with Crippen molar-refractivity contribution in [1.82, 2.24) is 0 Å². The molecule has 1 atom stereocenters. The number of cyclic esters (lactones) is 1. The summed E-state index contributed by atoms with van der Waals surface area (Å²) < 4.78 is 5.61. The predicted octanol–water partition coefficient (Wildman–Crippen LogP) is 5.44. The molecule has 3 aromatic rings. The van der Waals surface area contributed by atoms with E-state index < -0.39 is 11.8 Å². The summed E-state index contributed by atoms with van der Waals surface area (Å²) in [7, 11) is 0. The van der Waals surface area contributed by atoms with Gasteiger partial charge in [-0.05, 0) is 47.9 Å². The van der Waals surface area contributed by atoms with E-state index in [2.05, 4.69) is 0 Å². The highest BCUT2D eigenvalue weighted by Crippen LogP contribution is 2.48. The number of hydrogen-bond acceptors (Lipinski definition) is 5. The number of aliphatic hydroxyl groups is 1. The SMILES string of the molecule is CSc1ccc(C2=C(c3ccc(SC)cc3)C(O)(c3ccccc3)OC2=O)cc1. The van der Waals surface area contributed by atoms with Crippen molar-refractivity contribution >= 4 is 40.6 Å². The van der Waals surface area contributed by atoms with Gasteiger partial charge in [0.1, 0.15) is 0 Å². The molecule has 1 N–H and O–H groups in total. The Morgan fingerprint density at radius 3 is 1.79 bits per heavy atom. The van der Waals surface area contributed by atoms with Crippen molar-refractivity contribution in [3.05, 3.63) is 95.6 Å². The Bertz CT molecular complexity index is 1060. The van der Waals surface area contributed by atoms with Gasteiger partial charge in [0.25, 0.3) is 5.79 Å². The van der Waals surface area contributed by atoms with Crippen molar-refractivity contribution < 1.29 is 14.6 Å². The van der Waals surface area contributed by atoms with Crippen LogP contribution in [-0.4, -0.2) is 23.6 Å². The van der Waals surface area contributed by atoms with Crippen LogP contribution in [0.3, 0.4) is 0 Å². The van der Waals surface area contributed by atoms with E-state index in [1.165, 1.54) is 0 Å². The molecule has 1 aliphatic heterocycles. The number of carbonyl (C=O) groups excluding carboxylic acids is 1. The molecule has 0 fully saturated rings. The predicted molar refractivity (Wildman–Crippen MR) is 120 cm³/mol. The number of benzene rings is 3. The molecule has 0 saturated carbocycles. The van der Waals surface area contributed by atoms with Gasteiger partial charge in [0.2, 0.25) is 0 Å². The molecule has 3 nitrogen and oxygen atoms in total. The van der Waals surface area contributed by atoms with Crippen molar-refractivity contribution in [2.24, 2.45) is 0 Å². The molecule has 29 heavy (non-hydrogen) atoms. The molecular weight excluding hydrogens is 400 g/mol. The Morgan fingerprint density at radius 1 is 0.759 bits per heavy atom. The Balaban J connectivity index is 1.95. The Labute approximate surface area is 178 Å². The van der Waals surface area contributed by atoms with Crippen LogP contribution in [0.15, 0.2) is 88.7 Å². The lowest BCUT2D eigenvalue weighted by molar-refractivity contribution is -0.178. The number of esters is 1. The van der Waals surface area contributed by atoms with E-state index in [1.807, 2.05) is 79.2 Å². The highest BCUT2D eigenvalue weighted by molar-refractivity contribution is 7.98. The zero-order chi connectivity index (χ0) is 20.4. The minimum atomic E-state index is -1.84. The Morgan fingerprint density at radius 2 is 1.28 bits per heavy atom. The molecule has 3 aromatic carbocycles. The average molecular weight is 421 g/mol. The van der Waals surface area contributed by atoms with Gasteiger partial charge in [0.15, 0.2) is 0 Å². The first-order valence-corrected chi connectivity index (χ1v) is 11.6. The van der Waals surface area contributed by atoms with E-state index >= 15 is 0 Å². The van der Waals surface area contributed by atoms with Gasteiger partial charge in [0, 0.05) is 15.4 Å². The number of rotatable bonds is 5. The lowest BCUT2D eigenvalue weighted by atomic mass is 9.87. The van der Waals surface area contributed by atoms with Gasteiger partial charge in [-0.15, -0.1) is 23.5 Å². The van der Waals surface area contributed by atoms with Crippen molar-refractivity contribution in [1.29, 1.82) is 0 Å². The maximum atomic E-state index is 13.0. The van der Waals surface area contributed by atoms with Gasteiger partial charge >= 0.3 is 5.97 Å². The second kappa shape index (κ2) is 8.11. The third-order valence-electron chi connectivity index (χ3n) is 4.96.